The molecule has 0 N–H and O–H groups in total. The highest BCUT2D eigenvalue weighted by molar-refractivity contribution is 5.97. The first-order valence-corrected chi connectivity index (χ1v) is 5.75. The van der Waals surface area contributed by atoms with Crippen LogP contribution in [0.1, 0.15) is 55.1 Å². The van der Waals surface area contributed by atoms with Gasteiger partial charge in [0, 0.05) is 12.0 Å². The molecule has 1 aromatic rings. The Kier molecular flexibility index (Phi) is 6.68. The lowest BCUT2D eigenvalue weighted by atomic mass is 10.00. The second kappa shape index (κ2) is 7.22. The van der Waals surface area contributed by atoms with Crippen LogP contribution < -0.4 is 0 Å². The number of benzene rings is 1. The van der Waals surface area contributed by atoms with Crippen molar-refractivity contribution in [2.45, 2.75) is 47.5 Å². The molecule has 0 radical (unpaired) electrons. The summed E-state index contributed by atoms with van der Waals surface area (Å²) in [7, 11) is 0. The third kappa shape index (κ3) is 4.28. The molecule has 0 atom stereocenters. The van der Waals surface area contributed by atoms with Gasteiger partial charge in [-0.15, -0.1) is 0 Å². The quantitative estimate of drug-likeness (QED) is 0.673. The Bertz CT molecular complexity index is 313. The predicted octanol–water partition coefficient (Wildman–Crippen LogP) is 4.31. The van der Waals surface area contributed by atoms with E-state index in [1.807, 2.05) is 46.8 Å². The molecule has 1 aromatic carbocycles. The SMILES string of the molecule is CC.CCCC(=O)c1ccc(C)cc1C. The van der Waals surface area contributed by atoms with Crippen molar-refractivity contribution < 1.29 is 4.79 Å². The molecule has 0 bridgehead atoms. The van der Waals surface area contributed by atoms with E-state index in [0.717, 1.165) is 17.5 Å². The van der Waals surface area contributed by atoms with Crippen LogP contribution in [0, 0.1) is 13.8 Å². The highest BCUT2D eigenvalue weighted by Crippen LogP contribution is 2.13. The first-order valence-electron chi connectivity index (χ1n) is 5.75. The molecule has 1 nitrogen and oxygen atoms in total. The van der Waals surface area contributed by atoms with Crippen LogP contribution in [0.25, 0.3) is 0 Å². The highest BCUT2D eigenvalue weighted by Gasteiger charge is 2.06. The fraction of sp³-hybridized carbons (Fsp3) is 0.500. The van der Waals surface area contributed by atoms with Crippen LogP contribution in [-0.4, -0.2) is 5.78 Å². The van der Waals surface area contributed by atoms with Crippen molar-refractivity contribution in [3.63, 3.8) is 0 Å². The molecule has 0 aromatic heterocycles. The van der Waals surface area contributed by atoms with Crippen LogP contribution >= 0.6 is 0 Å². The molecule has 0 spiro atoms. The van der Waals surface area contributed by atoms with Gasteiger partial charge >= 0.3 is 0 Å². The summed E-state index contributed by atoms with van der Waals surface area (Å²) in [6, 6.07) is 5.99. The van der Waals surface area contributed by atoms with Crippen LogP contribution in [0.3, 0.4) is 0 Å². The molecule has 0 unspecified atom stereocenters. The second-order valence-corrected chi connectivity index (χ2v) is 3.49. The van der Waals surface area contributed by atoms with E-state index in [9.17, 15) is 4.79 Å². The Morgan fingerprint density at radius 3 is 2.27 bits per heavy atom. The van der Waals surface area contributed by atoms with Gasteiger partial charge < -0.3 is 0 Å². The van der Waals surface area contributed by atoms with Gasteiger partial charge in [-0.2, -0.15) is 0 Å². The summed E-state index contributed by atoms with van der Waals surface area (Å²) in [5, 5.41) is 0. The van der Waals surface area contributed by atoms with E-state index >= 15 is 0 Å². The zero-order valence-electron chi connectivity index (χ0n) is 10.6. The summed E-state index contributed by atoms with van der Waals surface area (Å²) in [5.41, 5.74) is 3.19. The maximum atomic E-state index is 11.6. The molecular formula is C14H22O. The fourth-order valence-corrected chi connectivity index (χ4v) is 1.49. The molecule has 15 heavy (non-hydrogen) atoms. The Morgan fingerprint density at radius 1 is 1.20 bits per heavy atom. The average molecular weight is 206 g/mol. The largest absolute Gasteiger partial charge is 0.294 e. The first kappa shape index (κ1) is 13.9. The lowest BCUT2D eigenvalue weighted by molar-refractivity contribution is 0.0981. The van der Waals surface area contributed by atoms with E-state index in [4.69, 9.17) is 0 Å². The standard InChI is InChI=1S/C12H16O.C2H6/c1-4-5-12(13)11-7-6-9(2)8-10(11)3;1-2/h6-8H,4-5H2,1-3H3;1-2H3. The van der Waals surface area contributed by atoms with Crippen molar-refractivity contribution in [1.82, 2.24) is 0 Å². The number of ketones is 1. The molecule has 1 heteroatoms. The lowest BCUT2D eigenvalue weighted by Gasteiger charge is -2.04. The van der Waals surface area contributed by atoms with E-state index in [1.54, 1.807) is 0 Å². The molecule has 0 aliphatic heterocycles. The van der Waals surface area contributed by atoms with Crippen LogP contribution in [0.4, 0.5) is 0 Å². The zero-order valence-corrected chi connectivity index (χ0v) is 10.6. The fourth-order valence-electron chi connectivity index (χ4n) is 1.49. The first-order chi connectivity index (χ1) is 7.15. The molecule has 0 amide bonds. The van der Waals surface area contributed by atoms with Crippen molar-refractivity contribution in [2.75, 3.05) is 0 Å². The van der Waals surface area contributed by atoms with Crippen molar-refractivity contribution in [2.24, 2.45) is 0 Å². The third-order valence-electron chi connectivity index (χ3n) is 2.16. The van der Waals surface area contributed by atoms with Gasteiger partial charge in [0.25, 0.3) is 0 Å². The molecular weight excluding hydrogens is 184 g/mol. The zero-order chi connectivity index (χ0) is 11.8. The maximum absolute atomic E-state index is 11.6. The van der Waals surface area contributed by atoms with Crippen molar-refractivity contribution in [3.8, 4) is 0 Å². The van der Waals surface area contributed by atoms with Crippen molar-refractivity contribution in [1.29, 1.82) is 0 Å². The molecule has 0 saturated carbocycles. The summed E-state index contributed by atoms with van der Waals surface area (Å²) in [4.78, 5) is 11.6. The summed E-state index contributed by atoms with van der Waals surface area (Å²) in [5.74, 6) is 0.264. The molecule has 0 aliphatic rings. The monoisotopic (exact) mass is 206 g/mol. The van der Waals surface area contributed by atoms with Gasteiger partial charge in [-0.25, -0.2) is 0 Å². The summed E-state index contributed by atoms with van der Waals surface area (Å²) >= 11 is 0. The van der Waals surface area contributed by atoms with Gasteiger partial charge in [0.05, 0.1) is 0 Å². The Balaban J connectivity index is 0.000000921. The number of Topliss-reactive ketones (excluding diaryl/α,β-unsaturated/α-hetero) is 1. The number of carbonyl (C=O) groups is 1. The minimum absolute atomic E-state index is 0.264. The van der Waals surface area contributed by atoms with Crippen LogP contribution in [-0.2, 0) is 0 Å². The van der Waals surface area contributed by atoms with E-state index < -0.39 is 0 Å². The molecule has 84 valence electrons. The van der Waals surface area contributed by atoms with E-state index in [1.165, 1.54) is 5.56 Å². The normalized spacial score (nSPS) is 9.13. The Labute approximate surface area is 93.5 Å². The van der Waals surface area contributed by atoms with E-state index in [0.29, 0.717) is 6.42 Å². The van der Waals surface area contributed by atoms with Crippen molar-refractivity contribution in [3.05, 3.63) is 34.9 Å². The van der Waals surface area contributed by atoms with Gasteiger partial charge in [0.2, 0.25) is 0 Å². The molecule has 0 heterocycles. The highest BCUT2D eigenvalue weighted by atomic mass is 16.1. The molecule has 1 rings (SSSR count). The summed E-state index contributed by atoms with van der Waals surface area (Å²) in [6.07, 6.45) is 1.58. The van der Waals surface area contributed by atoms with Crippen LogP contribution in [0.2, 0.25) is 0 Å². The number of carbonyl (C=O) groups excluding carboxylic acids is 1. The Morgan fingerprint density at radius 2 is 1.80 bits per heavy atom. The maximum Gasteiger partial charge on any atom is 0.163 e. The lowest BCUT2D eigenvalue weighted by Crippen LogP contribution is -2.00. The van der Waals surface area contributed by atoms with E-state index in [-0.39, 0.29) is 5.78 Å². The van der Waals surface area contributed by atoms with Gasteiger partial charge in [0.15, 0.2) is 5.78 Å². The minimum Gasteiger partial charge on any atom is -0.294 e. The minimum atomic E-state index is 0.264. The van der Waals surface area contributed by atoms with Gasteiger partial charge in [-0.3, -0.25) is 4.79 Å². The summed E-state index contributed by atoms with van der Waals surface area (Å²) < 4.78 is 0. The van der Waals surface area contributed by atoms with E-state index in [2.05, 4.69) is 6.07 Å². The molecule has 0 saturated heterocycles. The topological polar surface area (TPSA) is 17.1 Å². The molecule has 0 fully saturated rings. The number of hydrogen-bond donors (Lipinski definition) is 0. The van der Waals surface area contributed by atoms with Gasteiger partial charge in [-0.05, 0) is 25.8 Å². The van der Waals surface area contributed by atoms with Gasteiger partial charge in [-0.1, -0.05) is 44.5 Å². The third-order valence-corrected chi connectivity index (χ3v) is 2.16. The van der Waals surface area contributed by atoms with Crippen LogP contribution in [0.5, 0.6) is 0 Å². The summed E-state index contributed by atoms with van der Waals surface area (Å²) in [6.45, 7) is 10.1. The average Bonchev–Trinajstić information content (AvgIpc) is 2.21. The predicted molar refractivity (Wildman–Crippen MR) is 66.5 cm³/mol. The smallest absolute Gasteiger partial charge is 0.163 e. The van der Waals surface area contributed by atoms with Crippen molar-refractivity contribution >= 4 is 5.78 Å². The number of rotatable bonds is 3. The van der Waals surface area contributed by atoms with Crippen LogP contribution in [0.15, 0.2) is 18.2 Å². The Hall–Kier alpha value is -1.11. The number of hydrogen-bond acceptors (Lipinski definition) is 1. The number of aryl methyl sites for hydroxylation is 2. The van der Waals surface area contributed by atoms with Gasteiger partial charge in [0.1, 0.15) is 0 Å². The second-order valence-electron chi connectivity index (χ2n) is 3.49. The molecule has 0 aliphatic carbocycles.